The molecule has 0 unspecified atom stereocenters. The average molecular weight is 354 g/mol. The van der Waals surface area contributed by atoms with Gasteiger partial charge in [0.1, 0.15) is 11.6 Å². The third kappa shape index (κ3) is 3.88. The van der Waals surface area contributed by atoms with Gasteiger partial charge in [-0.05, 0) is 34.9 Å². The first-order chi connectivity index (χ1) is 12.7. The monoisotopic (exact) mass is 354 g/mol. The summed E-state index contributed by atoms with van der Waals surface area (Å²) >= 11 is 0. The number of carbonyl (C=O) groups excluding carboxylic acids is 1. The summed E-state index contributed by atoms with van der Waals surface area (Å²) in [4.78, 5) is 16.7. The predicted molar refractivity (Wildman–Crippen MR) is 97.6 cm³/mol. The highest BCUT2D eigenvalue weighted by atomic mass is 19.1. The number of carbonyl (C=O) groups is 1. The Morgan fingerprint density at radius 1 is 1.04 bits per heavy atom. The molecule has 4 nitrogen and oxygen atoms in total. The minimum Gasteiger partial charge on any atom is -0.493 e. The molecular formula is C21H23FN2O2. The number of piperazine rings is 1. The van der Waals surface area contributed by atoms with Gasteiger partial charge in [0.05, 0.1) is 13.0 Å². The van der Waals surface area contributed by atoms with E-state index in [-0.39, 0.29) is 18.1 Å². The van der Waals surface area contributed by atoms with Gasteiger partial charge in [-0.3, -0.25) is 9.69 Å². The van der Waals surface area contributed by atoms with Crippen molar-refractivity contribution in [2.45, 2.75) is 19.4 Å². The van der Waals surface area contributed by atoms with Gasteiger partial charge in [-0.25, -0.2) is 4.39 Å². The van der Waals surface area contributed by atoms with Gasteiger partial charge >= 0.3 is 0 Å². The number of amides is 1. The quantitative estimate of drug-likeness (QED) is 0.846. The first-order valence-corrected chi connectivity index (χ1v) is 9.16. The van der Waals surface area contributed by atoms with Crippen molar-refractivity contribution in [2.24, 2.45) is 0 Å². The number of rotatable bonds is 4. The lowest BCUT2D eigenvalue weighted by atomic mass is 10.1. The maximum absolute atomic E-state index is 13.3. The molecule has 2 aromatic rings. The molecule has 2 heterocycles. The van der Waals surface area contributed by atoms with E-state index < -0.39 is 0 Å². The van der Waals surface area contributed by atoms with Gasteiger partial charge < -0.3 is 9.64 Å². The van der Waals surface area contributed by atoms with Crippen molar-refractivity contribution in [2.75, 3.05) is 32.8 Å². The first kappa shape index (κ1) is 17.0. The van der Waals surface area contributed by atoms with Gasteiger partial charge in [-0.15, -0.1) is 0 Å². The van der Waals surface area contributed by atoms with Gasteiger partial charge in [0.2, 0.25) is 5.91 Å². The molecule has 1 fully saturated rings. The molecule has 0 aromatic heterocycles. The second kappa shape index (κ2) is 7.46. The largest absolute Gasteiger partial charge is 0.493 e. The highest BCUT2D eigenvalue weighted by Gasteiger charge is 2.22. The summed E-state index contributed by atoms with van der Waals surface area (Å²) in [7, 11) is 0. The standard InChI is InChI=1S/C21H23FN2O2/c22-19-3-1-2-16(13-19)14-21(25)24-9-7-23(8-10-24)15-17-4-5-20-18(12-17)6-11-26-20/h1-5,12-13H,6-11,14-15H2. The zero-order chi connectivity index (χ0) is 17.9. The van der Waals surface area contributed by atoms with Crippen molar-refractivity contribution in [3.63, 3.8) is 0 Å². The van der Waals surface area contributed by atoms with E-state index in [0.29, 0.717) is 0 Å². The predicted octanol–water partition coefficient (Wildman–Crippen LogP) is 2.65. The number of hydrogen-bond donors (Lipinski definition) is 0. The summed E-state index contributed by atoms with van der Waals surface area (Å²) in [5.41, 5.74) is 3.33. The highest BCUT2D eigenvalue weighted by molar-refractivity contribution is 5.78. The van der Waals surface area contributed by atoms with Crippen LogP contribution in [-0.4, -0.2) is 48.5 Å². The molecule has 5 heteroatoms. The molecule has 1 amide bonds. The SMILES string of the molecule is O=C(Cc1cccc(F)c1)N1CCN(Cc2ccc3c(c2)CCO3)CC1. The van der Waals surface area contributed by atoms with Crippen LogP contribution in [0.15, 0.2) is 42.5 Å². The number of hydrogen-bond acceptors (Lipinski definition) is 3. The Balaban J connectivity index is 1.29. The fourth-order valence-corrected chi connectivity index (χ4v) is 3.69. The third-order valence-corrected chi connectivity index (χ3v) is 5.13. The Kier molecular flexibility index (Phi) is 4.89. The zero-order valence-electron chi connectivity index (χ0n) is 14.8. The van der Waals surface area contributed by atoms with Crippen molar-refractivity contribution in [1.29, 1.82) is 0 Å². The van der Waals surface area contributed by atoms with Gasteiger partial charge in [0.15, 0.2) is 0 Å². The minimum absolute atomic E-state index is 0.0740. The number of ether oxygens (including phenoxy) is 1. The fraction of sp³-hybridized carbons (Fsp3) is 0.381. The van der Waals surface area contributed by atoms with Crippen LogP contribution in [0.2, 0.25) is 0 Å². The van der Waals surface area contributed by atoms with E-state index in [9.17, 15) is 9.18 Å². The Hall–Kier alpha value is -2.40. The molecule has 0 N–H and O–H groups in total. The Bertz CT molecular complexity index is 800. The molecule has 136 valence electrons. The summed E-state index contributed by atoms with van der Waals surface area (Å²) in [6, 6.07) is 12.7. The van der Waals surface area contributed by atoms with Gasteiger partial charge in [-0.1, -0.05) is 24.3 Å². The first-order valence-electron chi connectivity index (χ1n) is 9.16. The van der Waals surface area contributed by atoms with Crippen LogP contribution < -0.4 is 4.74 Å². The molecular weight excluding hydrogens is 331 g/mol. The van der Waals surface area contributed by atoms with E-state index in [1.165, 1.54) is 23.3 Å². The van der Waals surface area contributed by atoms with Crippen LogP contribution in [0.1, 0.15) is 16.7 Å². The number of benzene rings is 2. The molecule has 2 aliphatic rings. The second-order valence-electron chi connectivity index (χ2n) is 7.00. The normalized spacial score (nSPS) is 17.0. The average Bonchev–Trinajstić information content (AvgIpc) is 3.10. The molecule has 1 saturated heterocycles. The number of nitrogens with zero attached hydrogens (tertiary/aromatic N) is 2. The molecule has 26 heavy (non-hydrogen) atoms. The third-order valence-electron chi connectivity index (χ3n) is 5.13. The maximum Gasteiger partial charge on any atom is 0.227 e. The second-order valence-corrected chi connectivity index (χ2v) is 7.00. The van der Waals surface area contributed by atoms with Gasteiger partial charge in [0.25, 0.3) is 0 Å². The van der Waals surface area contributed by atoms with E-state index in [0.717, 1.165) is 57.1 Å². The van der Waals surface area contributed by atoms with Crippen LogP contribution in [0.3, 0.4) is 0 Å². The molecule has 2 aromatic carbocycles. The lowest BCUT2D eigenvalue weighted by molar-refractivity contribution is -0.132. The summed E-state index contributed by atoms with van der Waals surface area (Å²) < 4.78 is 18.8. The summed E-state index contributed by atoms with van der Waals surface area (Å²) in [5.74, 6) is 0.798. The van der Waals surface area contributed by atoms with Gasteiger partial charge in [0, 0.05) is 39.1 Å². The van der Waals surface area contributed by atoms with Crippen molar-refractivity contribution >= 4 is 5.91 Å². The Labute approximate surface area is 153 Å². The Morgan fingerprint density at radius 3 is 2.69 bits per heavy atom. The topological polar surface area (TPSA) is 32.8 Å². The number of halogens is 1. The van der Waals surface area contributed by atoms with Crippen LogP contribution in [0.4, 0.5) is 4.39 Å². The Morgan fingerprint density at radius 2 is 1.88 bits per heavy atom. The van der Waals surface area contributed by atoms with Crippen molar-refractivity contribution in [3.8, 4) is 5.75 Å². The molecule has 2 aliphatic heterocycles. The van der Waals surface area contributed by atoms with Crippen LogP contribution >= 0.6 is 0 Å². The summed E-state index contributed by atoms with van der Waals surface area (Å²) in [6.45, 7) is 4.86. The highest BCUT2D eigenvalue weighted by Crippen LogP contribution is 2.26. The minimum atomic E-state index is -0.292. The van der Waals surface area contributed by atoms with E-state index in [2.05, 4.69) is 23.1 Å². The maximum atomic E-state index is 13.3. The number of fused-ring (bicyclic) bond motifs is 1. The molecule has 0 aliphatic carbocycles. The molecule has 0 radical (unpaired) electrons. The molecule has 0 spiro atoms. The van der Waals surface area contributed by atoms with E-state index in [4.69, 9.17) is 4.74 Å². The summed E-state index contributed by atoms with van der Waals surface area (Å²) in [5, 5.41) is 0. The summed E-state index contributed by atoms with van der Waals surface area (Å²) in [6.07, 6.45) is 1.26. The zero-order valence-corrected chi connectivity index (χ0v) is 14.8. The smallest absolute Gasteiger partial charge is 0.227 e. The van der Waals surface area contributed by atoms with Crippen LogP contribution in [0, 0.1) is 5.82 Å². The van der Waals surface area contributed by atoms with Crippen molar-refractivity contribution in [1.82, 2.24) is 9.80 Å². The van der Waals surface area contributed by atoms with Crippen LogP contribution in [0.25, 0.3) is 0 Å². The molecule has 0 saturated carbocycles. The molecule has 4 rings (SSSR count). The van der Waals surface area contributed by atoms with E-state index in [1.807, 2.05) is 4.90 Å². The lowest BCUT2D eigenvalue weighted by Crippen LogP contribution is -2.48. The van der Waals surface area contributed by atoms with Crippen LogP contribution in [-0.2, 0) is 24.2 Å². The van der Waals surface area contributed by atoms with Crippen molar-refractivity contribution in [3.05, 3.63) is 65.0 Å². The fourth-order valence-electron chi connectivity index (χ4n) is 3.69. The van der Waals surface area contributed by atoms with E-state index >= 15 is 0 Å². The van der Waals surface area contributed by atoms with Gasteiger partial charge in [-0.2, -0.15) is 0 Å². The van der Waals surface area contributed by atoms with Crippen LogP contribution in [0.5, 0.6) is 5.75 Å². The molecule has 0 bridgehead atoms. The molecule has 0 atom stereocenters. The lowest BCUT2D eigenvalue weighted by Gasteiger charge is -2.35. The van der Waals surface area contributed by atoms with E-state index in [1.54, 1.807) is 12.1 Å². The van der Waals surface area contributed by atoms with Crippen molar-refractivity contribution < 1.29 is 13.9 Å².